The summed E-state index contributed by atoms with van der Waals surface area (Å²) >= 11 is 12.6. The molecule has 0 aromatic heterocycles. The lowest BCUT2D eigenvalue weighted by molar-refractivity contribution is -0.807. The Morgan fingerprint density at radius 3 is 2.32 bits per heavy atom. The first-order valence-corrected chi connectivity index (χ1v) is 23.2. The average Bonchev–Trinajstić information content (AvgIpc) is 4.22. The molecule has 0 unspecified atom stereocenters. The highest BCUT2D eigenvalue weighted by Crippen LogP contribution is 2.41. The lowest BCUT2D eigenvalue weighted by Gasteiger charge is -2.36. The second-order valence-corrected chi connectivity index (χ2v) is 17.9. The van der Waals surface area contributed by atoms with Gasteiger partial charge in [-0.1, -0.05) is 41.4 Å². The van der Waals surface area contributed by atoms with Gasteiger partial charge in [0, 0.05) is 38.8 Å². The topological polar surface area (TPSA) is 177 Å². The Morgan fingerprint density at radius 1 is 0.877 bits per heavy atom. The van der Waals surface area contributed by atoms with E-state index in [1.165, 1.54) is 0 Å². The van der Waals surface area contributed by atoms with Crippen molar-refractivity contribution in [2.45, 2.75) is 89.3 Å². The summed E-state index contributed by atoms with van der Waals surface area (Å²) in [7, 11) is 2.83. The van der Waals surface area contributed by atoms with Gasteiger partial charge >= 0.3 is 5.97 Å². The first-order valence-electron chi connectivity index (χ1n) is 22.5. The third kappa shape index (κ3) is 15.6. The van der Waals surface area contributed by atoms with Gasteiger partial charge in [-0.3, -0.25) is 9.59 Å². The fourth-order valence-corrected chi connectivity index (χ4v) is 9.01. The number of unbranched alkanes of at least 4 members (excludes halogenated alkanes) is 1. The molecule has 2 saturated carbocycles. The van der Waals surface area contributed by atoms with Crippen LogP contribution in [0.4, 0.5) is 0 Å². The van der Waals surface area contributed by atoms with E-state index in [1.807, 2.05) is 43.3 Å². The summed E-state index contributed by atoms with van der Waals surface area (Å²) in [4.78, 5) is 60.9. The number of nitrogens with zero attached hydrogens (tertiary/aromatic N) is 3. The van der Waals surface area contributed by atoms with E-state index in [9.17, 15) is 24.6 Å². The fourth-order valence-electron chi connectivity index (χ4n) is 8.30. The van der Waals surface area contributed by atoms with Crippen molar-refractivity contribution in [1.82, 2.24) is 10.2 Å². The monoisotopic (exact) mass is 943 g/mol. The van der Waals surface area contributed by atoms with Gasteiger partial charge in [0.25, 0.3) is 5.09 Å². The molecule has 16 nitrogen and oxygen atoms in total. The van der Waals surface area contributed by atoms with Crippen LogP contribution in [0.25, 0.3) is 0 Å². The summed E-state index contributed by atoms with van der Waals surface area (Å²) in [5.74, 6) is 1.29. The molecule has 65 heavy (non-hydrogen) atoms. The van der Waals surface area contributed by atoms with Crippen LogP contribution in [-0.4, -0.2) is 106 Å². The zero-order chi connectivity index (χ0) is 46.3. The standard InChI is InChI=1S/C47H61Cl2N4O12/c1-31-21-43(48)45(44(49)22-31)61-20-19-60-37-13-9-34(10-14-37)40-15-16-50-27-42(40)46(54)52(36-11-12-36)28-33-23-32(7-6-17-59-3)24-39(25-33)63-29-35-26-41(35)47(55)62-18-5-4-8-38(65-51(2)56)30-64-53(57)58/h9-10,13-14,21-25,35-36,38,40-42,50H,4-8,11-12,15-20,26-30H2,1-3H3/q+1/t35-,38+,40+,41+,42-/m0/s1. The first kappa shape index (κ1) is 49.5. The van der Waals surface area contributed by atoms with Crippen LogP contribution >= 0.6 is 23.2 Å². The van der Waals surface area contributed by atoms with E-state index < -0.39 is 11.2 Å². The molecule has 1 amide bonds. The number of carbonyl (C=O) groups is 2. The van der Waals surface area contributed by atoms with Gasteiger partial charge in [0.05, 0.1) is 40.0 Å². The van der Waals surface area contributed by atoms with Crippen molar-refractivity contribution in [2.24, 2.45) is 17.8 Å². The number of ether oxygens (including phenoxy) is 5. The first-order chi connectivity index (χ1) is 31.4. The van der Waals surface area contributed by atoms with Crippen LogP contribution < -0.4 is 19.5 Å². The van der Waals surface area contributed by atoms with Gasteiger partial charge in [0.15, 0.2) is 11.9 Å². The van der Waals surface area contributed by atoms with Crippen LogP contribution in [0.1, 0.15) is 79.5 Å². The maximum atomic E-state index is 14.6. The molecule has 2 aliphatic carbocycles. The number of methoxy groups -OCH3 is 1. The van der Waals surface area contributed by atoms with Gasteiger partial charge in [-0.15, -0.1) is 10.1 Å². The number of esters is 1. The van der Waals surface area contributed by atoms with Gasteiger partial charge < -0.3 is 38.7 Å². The van der Waals surface area contributed by atoms with Crippen molar-refractivity contribution in [1.29, 1.82) is 0 Å². The lowest BCUT2D eigenvalue weighted by Crippen LogP contribution is -2.47. The Bertz CT molecular complexity index is 2050. The molecule has 18 heteroatoms. The van der Waals surface area contributed by atoms with E-state index >= 15 is 0 Å². The second kappa shape index (κ2) is 24.6. The number of nitrogens with one attached hydrogen (secondary N) is 1. The molecule has 0 radical (unpaired) electrons. The molecule has 0 spiro atoms. The van der Waals surface area contributed by atoms with E-state index in [1.54, 1.807) is 7.11 Å². The SMILES string of the molecule is COCCCc1cc(CN(C(=O)[C@H]2CNCC[C@@H]2c2ccc(OCCOc3c(Cl)cc(C)cc3Cl)cc2)C2CC2)cc(OC[C@@H]2C[C@H]2C(=O)OCCCC[C@H](CO[N+](=O)[O-])O[N+](C)=O)c1. The van der Waals surface area contributed by atoms with Crippen LogP contribution in [0.3, 0.4) is 0 Å². The molecule has 5 atom stereocenters. The summed E-state index contributed by atoms with van der Waals surface area (Å²) in [5, 5.41) is 14.0. The molecule has 3 aliphatic rings. The van der Waals surface area contributed by atoms with Crippen molar-refractivity contribution in [3.8, 4) is 17.2 Å². The third-order valence-electron chi connectivity index (χ3n) is 11.8. The maximum Gasteiger partial charge on any atom is 0.309 e. The minimum Gasteiger partial charge on any atom is -0.493 e. The second-order valence-electron chi connectivity index (χ2n) is 17.1. The molecule has 1 heterocycles. The molecule has 3 aromatic carbocycles. The van der Waals surface area contributed by atoms with Crippen molar-refractivity contribution < 1.29 is 53.0 Å². The summed E-state index contributed by atoms with van der Waals surface area (Å²) in [6.07, 6.45) is 5.61. The van der Waals surface area contributed by atoms with Crippen molar-refractivity contribution in [3.05, 3.63) is 102 Å². The Hall–Kier alpha value is -4.90. The van der Waals surface area contributed by atoms with Gasteiger partial charge in [0.2, 0.25) is 17.9 Å². The van der Waals surface area contributed by atoms with Crippen molar-refractivity contribution in [2.75, 3.05) is 66.9 Å². The maximum absolute atomic E-state index is 14.6. The Kier molecular flexibility index (Phi) is 18.7. The quantitative estimate of drug-likeness (QED) is 0.0322. The minimum absolute atomic E-state index is 0.0194. The Morgan fingerprint density at radius 2 is 1.62 bits per heavy atom. The number of hydrogen-bond donors (Lipinski definition) is 1. The molecule has 1 saturated heterocycles. The lowest BCUT2D eigenvalue weighted by atomic mass is 9.80. The van der Waals surface area contributed by atoms with Gasteiger partial charge in [0.1, 0.15) is 31.3 Å². The highest BCUT2D eigenvalue weighted by Gasteiger charge is 2.45. The van der Waals surface area contributed by atoms with Crippen LogP contribution in [0.5, 0.6) is 17.2 Å². The van der Waals surface area contributed by atoms with E-state index in [2.05, 4.69) is 33.3 Å². The summed E-state index contributed by atoms with van der Waals surface area (Å²) in [6.45, 7) is 5.18. The third-order valence-corrected chi connectivity index (χ3v) is 12.4. The Labute approximate surface area is 390 Å². The molecule has 3 fully saturated rings. The van der Waals surface area contributed by atoms with Crippen molar-refractivity contribution >= 4 is 35.1 Å². The highest BCUT2D eigenvalue weighted by molar-refractivity contribution is 6.37. The molecular weight excluding hydrogens is 883 g/mol. The molecule has 0 bridgehead atoms. The van der Waals surface area contributed by atoms with Gasteiger partial charge in [-0.05, 0) is 136 Å². The molecule has 354 valence electrons. The van der Waals surface area contributed by atoms with Gasteiger partial charge in [-0.25, -0.2) is 4.84 Å². The summed E-state index contributed by atoms with van der Waals surface area (Å²) in [6, 6.07) is 18.0. The number of amides is 1. The number of benzene rings is 3. The zero-order valence-electron chi connectivity index (χ0n) is 37.4. The average molecular weight is 945 g/mol. The number of rotatable bonds is 28. The van der Waals surface area contributed by atoms with E-state index in [-0.39, 0.29) is 66.3 Å². The number of halogens is 2. The summed E-state index contributed by atoms with van der Waals surface area (Å²) in [5.41, 5.74) is 4.15. The van der Waals surface area contributed by atoms with Crippen LogP contribution in [0.2, 0.25) is 10.0 Å². The largest absolute Gasteiger partial charge is 0.493 e. The fraction of sp³-hybridized carbons (Fsp3) is 0.574. The van der Waals surface area contributed by atoms with E-state index in [4.69, 9.17) is 51.7 Å². The predicted octanol–water partition coefficient (Wildman–Crippen LogP) is 7.87. The number of piperidine rings is 1. The van der Waals surface area contributed by atoms with E-state index in [0.29, 0.717) is 85.9 Å². The zero-order valence-corrected chi connectivity index (χ0v) is 38.9. The number of hydrogen-bond acceptors (Lipinski definition) is 13. The molecule has 1 aliphatic heterocycles. The predicted molar refractivity (Wildman–Crippen MR) is 242 cm³/mol. The molecule has 6 rings (SSSR count). The highest BCUT2D eigenvalue weighted by atomic mass is 35.5. The van der Waals surface area contributed by atoms with Crippen LogP contribution in [-0.2, 0) is 41.7 Å². The molecule has 3 aromatic rings. The smallest absolute Gasteiger partial charge is 0.309 e. The van der Waals surface area contributed by atoms with E-state index in [0.717, 1.165) is 68.0 Å². The number of aryl methyl sites for hydroxylation is 2. The van der Waals surface area contributed by atoms with Crippen LogP contribution in [0.15, 0.2) is 54.6 Å². The molecule has 1 N–H and O–H groups in total. The number of carbonyl (C=O) groups excluding carboxylic acids is 2. The van der Waals surface area contributed by atoms with Crippen LogP contribution in [0, 0.1) is 39.7 Å². The van der Waals surface area contributed by atoms with Crippen molar-refractivity contribution in [3.63, 3.8) is 0 Å². The summed E-state index contributed by atoms with van der Waals surface area (Å²) < 4.78 is 29.0. The normalized spacial score (nSPS) is 19.4. The minimum atomic E-state index is -0.935. The van der Waals surface area contributed by atoms with Gasteiger partial charge in [-0.2, -0.15) is 0 Å². The Balaban J connectivity index is 1.01. The molecular formula is C47H61Cl2N4O12+.